The molecule has 1 unspecified atom stereocenters. The molecule has 0 N–H and O–H groups in total. The molecule has 192 valence electrons. The van der Waals surface area contributed by atoms with E-state index < -0.39 is 12.0 Å². The number of allylic oxidation sites excluding steroid dienone is 1. The molecule has 0 spiro atoms. The summed E-state index contributed by atoms with van der Waals surface area (Å²) in [4.78, 5) is 48.4. The van der Waals surface area contributed by atoms with E-state index >= 15 is 0 Å². The largest absolute Gasteiger partial charge is 0.496 e. The van der Waals surface area contributed by atoms with Crippen LogP contribution in [0.25, 0.3) is 0 Å². The Morgan fingerprint density at radius 1 is 1.11 bits per heavy atom. The molecule has 3 aliphatic rings. The molecular formula is C26H32N4O5S. The number of carbonyl (C=O) groups excluding carboxylic acids is 3. The van der Waals surface area contributed by atoms with Crippen LogP contribution >= 0.6 is 11.8 Å². The van der Waals surface area contributed by atoms with Gasteiger partial charge in [-0.05, 0) is 32.2 Å². The number of thioether (sulfide) groups is 1. The average molecular weight is 513 g/mol. The third-order valence-corrected chi connectivity index (χ3v) is 7.30. The highest BCUT2D eigenvalue weighted by Gasteiger charge is 2.42. The molecule has 0 aromatic heterocycles. The van der Waals surface area contributed by atoms with Crippen molar-refractivity contribution >= 4 is 34.7 Å². The lowest BCUT2D eigenvalue weighted by atomic mass is 9.93. The quantitative estimate of drug-likeness (QED) is 0.540. The molecule has 1 fully saturated rings. The van der Waals surface area contributed by atoms with E-state index in [1.807, 2.05) is 55.3 Å². The normalized spacial score (nSPS) is 19.7. The van der Waals surface area contributed by atoms with Gasteiger partial charge in [-0.2, -0.15) is 0 Å². The molecule has 2 amide bonds. The zero-order valence-electron chi connectivity index (χ0n) is 21.3. The summed E-state index contributed by atoms with van der Waals surface area (Å²) < 4.78 is 11.3. The molecule has 0 radical (unpaired) electrons. The number of hydrogen-bond acceptors (Lipinski definition) is 8. The fraction of sp³-hybridized carbons (Fsp3) is 0.462. The van der Waals surface area contributed by atoms with E-state index in [4.69, 9.17) is 14.5 Å². The van der Waals surface area contributed by atoms with Crippen LogP contribution in [-0.4, -0.2) is 77.0 Å². The summed E-state index contributed by atoms with van der Waals surface area (Å²) >= 11 is 1.43. The van der Waals surface area contributed by atoms with Gasteiger partial charge in [0.25, 0.3) is 0 Å². The molecule has 3 heterocycles. The molecule has 9 nitrogen and oxygen atoms in total. The van der Waals surface area contributed by atoms with Crippen LogP contribution < -0.4 is 4.74 Å². The van der Waals surface area contributed by atoms with Crippen molar-refractivity contribution < 1.29 is 23.9 Å². The zero-order chi connectivity index (χ0) is 26.0. The van der Waals surface area contributed by atoms with Crippen molar-refractivity contribution in [3.63, 3.8) is 0 Å². The van der Waals surface area contributed by atoms with Crippen LogP contribution in [0.3, 0.4) is 0 Å². The number of nitrogens with zero attached hydrogens (tertiary/aromatic N) is 4. The first-order valence-corrected chi connectivity index (χ1v) is 12.9. The van der Waals surface area contributed by atoms with Gasteiger partial charge < -0.3 is 24.2 Å². The fourth-order valence-electron chi connectivity index (χ4n) is 4.63. The summed E-state index contributed by atoms with van der Waals surface area (Å²) in [6.45, 7) is 9.04. The van der Waals surface area contributed by atoms with E-state index in [-0.39, 0.29) is 24.3 Å². The van der Waals surface area contributed by atoms with Gasteiger partial charge in [0.1, 0.15) is 5.75 Å². The number of aliphatic imine (C=N–C) groups is 1. The van der Waals surface area contributed by atoms with Crippen molar-refractivity contribution in [3.8, 4) is 5.75 Å². The summed E-state index contributed by atoms with van der Waals surface area (Å²) in [6.07, 6.45) is -0.136. The van der Waals surface area contributed by atoms with Crippen LogP contribution in [0.1, 0.15) is 45.7 Å². The van der Waals surface area contributed by atoms with Gasteiger partial charge in [0.15, 0.2) is 5.17 Å². The number of piperazine rings is 1. The molecule has 0 bridgehead atoms. The zero-order valence-corrected chi connectivity index (χ0v) is 22.1. The number of fused-ring (bicyclic) bond motifs is 1. The molecule has 1 atom stereocenters. The number of carbonyl (C=O) groups is 3. The predicted molar refractivity (Wildman–Crippen MR) is 138 cm³/mol. The van der Waals surface area contributed by atoms with Crippen LogP contribution in [0.5, 0.6) is 5.75 Å². The number of ether oxygens (including phenoxy) is 2. The maximum atomic E-state index is 13.3. The Balaban J connectivity index is 1.65. The minimum absolute atomic E-state index is 0.0220. The molecule has 0 aliphatic carbocycles. The number of hydrogen-bond donors (Lipinski definition) is 0. The summed E-state index contributed by atoms with van der Waals surface area (Å²) in [5, 5.41) is 2.63. The van der Waals surface area contributed by atoms with Gasteiger partial charge >= 0.3 is 5.97 Å². The molecule has 36 heavy (non-hydrogen) atoms. The van der Waals surface area contributed by atoms with E-state index in [0.717, 1.165) is 11.3 Å². The maximum Gasteiger partial charge on any atom is 0.338 e. The molecule has 4 rings (SSSR count). The van der Waals surface area contributed by atoms with E-state index in [2.05, 4.69) is 0 Å². The minimum atomic E-state index is -0.552. The Morgan fingerprint density at radius 3 is 2.42 bits per heavy atom. The van der Waals surface area contributed by atoms with Gasteiger partial charge in [0.2, 0.25) is 11.8 Å². The van der Waals surface area contributed by atoms with Gasteiger partial charge in [-0.1, -0.05) is 30.0 Å². The highest BCUT2D eigenvalue weighted by Crippen LogP contribution is 2.47. The fourth-order valence-corrected chi connectivity index (χ4v) is 5.60. The lowest BCUT2D eigenvalue weighted by molar-refractivity contribution is -0.143. The van der Waals surface area contributed by atoms with Gasteiger partial charge in [0, 0.05) is 44.4 Å². The van der Waals surface area contributed by atoms with Crippen molar-refractivity contribution in [2.75, 3.05) is 33.3 Å². The second-order valence-electron chi connectivity index (χ2n) is 9.15. The second kappa shape index (κ2) is 10.8. The van der Waals surface area contributed by atoms with Crippen molar-refractivity contribution in [2.45, 2.75) is 46.3 Å². The van der Waals surface area contributed by atoms with E-state index in [9.17, 15) is 14.4 Å². The lowest BCUT2D eigenvalue weighted by Gasteiger charge is -2.38. The Kier molecular flexibility index (Phi) is 7.73. The standard InChI is InChI=1S/C26H32N4O5S/c1-16(2)35-25(33)23-17(3)27-26-30(24(23)20-8-6-7-9-21(20)34-5)19(15-36-26)14-22(32)29-12-10-28(11-13-29)18(4)31/h6-9,15-16,24H,10-14H2,1-5H3. The summed E-state index contributed by atoms with van der Waals surface area (Å²) in [5.74, 6) is 0.190. The van der Waals surface area contributed by atoms with E-state index in [0.29, 0.717) is 48.4 Å². The van der Waals surface area contributed by atoms with Crippen LogP contribution in [0.4, 0.5) is 0 Å². The first-order valence-electron chi connectivity index (χ1n) is 12.0. The third-order valence-electron chi connectivity index (χ3n) is 6.41. The summed E-state index contributed by atoms with van der Waals surface area (Å²) in [5.41, 5.74) is 2.55. The Labute approximate surface area is 215 Å². The number of amides is 2. The molecule has 10 heteroatoms. The topological polar surface area (TPSA) is 91.7 Å². The third kappa shape index (κ3) is 5.13. The summed E-state index contributed by atoms with van der Waals surface area (Å²) in [6, 6.07) is 7.00. The molecular weight excluding hydrogens is 480 g/mol. The molecule has 3 aliphatic heterocycles. The van der Waals surface area contributed by atoms with Gasteiger partial charge in [-0.25, -0.2) is 9.79 Å². The van der Waals surface area contributed by atoms with Gasteiger partial charge in [-0.15, -0.1) is 0 Å². The molecule has 1 saturated heterocycles. The van der Waals surface area contributed by atoms with Crippen LogP contribution in [0.15, 0.2) is 51.6 Å². The number of benzene rings is 1. The van der Waals surface area contributed by atoms with Crippen LogP contribution in [-0.2, 0) is 19.1 Å². The number of methoxy groups -OCH3 is 1. The highest BCUT2D eigenvalue weighted by atomic mass is 32.2. The van der Waals surface area contributed by atoms with Crippen LogP contribution in [0, 0.1) is 0 Å². The Morgan fingerprint density at radius 2 is 1.78 bits per heavy atom. The molecule has 1 aromatic rings. The number of amidine groups is 1. The first-order chi connectivity index (χ1) is 17.2. The lowest BCUT2D eigenvalue weighted by Crippen LogP contribution is -2.50. The van der Waals surface area contributed by atoms with Crippen LogP contribution in [0.2, 0.25) is 0 Å². The Hall–Kier alpha value is -3.27. The van der Waals surface area contributed by atoms with Crippen molar-refractivity contribution in [2.24, 2.45) is 4.99 Å². The maximum absolute atomic E-state index is 13.3. The second-order valence-corrected chi connectivity index (χ2v) is 9.99. The average Bonchev–Trinajstić information content (AvgIpc) is 3.24. The summed E-state index contributed by atoms with van der Waals surface area (Å²) in [7, 11) is 1.60. The van der Waals surface area contributed by atoms with Crippen molar-refractivity contribution in [1.29, 1.82) is 0 Å². The first kappa shape index (κ1) is 25.8. The van der Waals surface area contributed by atoms with Crippen molar-refractivity contribution in [1.82, 2.24) is 14.7 Å². The van der Waals surface area contributed by atoms with Gasteiger partial charge in [0.05, 0.1) is 36.9 Å². The van der Waals surface area contributed by atoms with E-state index in [1.54, 1.807) is 23.8 Å². The van der Waals surface area contributed by atoms with Gasteiger partial charge in [-0.3, -0.25) is 9.59 Å². The Bertz CT molecular complexity index is 1150. The molecule has 1 aromatic carbocycles. The smallest absolute Gasteiger partial charge is 0.338 e. The number of esters is 1. The highest BCUT2D eigenvalue weighted by molar-refractivity contribution is 8.16. The predicted octanol–water partition coefficient (Wildman–Crippen LogP) is 3.30. The minimum Gasteiger partial charge on any atom is -0.496 e. The SMILES string of the molecule is COc1ccccc1C1C(C(=O)OC(C)C)=C(C)N=C2SC=C(CC(=O)N3CCN(C(C)=O)CC3)N21. The number of para-hydroxylation sites is 1. The molecule has 0 saturated carbocycles. The van der Waals surface area contributed by atoms with E-state index in [1.165, 1.54) is 11.8 Å². The van der Waals surface area contributed by atoms with Crippen molar-refractivity contribution in [3.05, 3.63) is 52.2 Å². The number of rotatable bonds is 6. The monoisotopic (exact) mass is 512 g/mol.